The maximum Gasteiger partial charge on any atom is 0.374 e. The number of hydrogen-bond acceptors (Lipinski definition) is 4. The van der Waals surface area contributed by atoms with Crippen LogP contribution in [0.25, 0.3) is 10.9 Å². The summed E-state index contributed by atoms with van der Waals surface area (Å²) in [6, 6.07) is 5.77. The number of fused-ring (bicyclic) bond motifs is 1. The van der Waals surface area contributed by atoms with Gasteiger partial charge in [0.25, 0.3) is 0 Å². The van der Waals surface area contributed by atoms with Crippen LogP contribution in [-0.2, 0) is 9.78 Å². The normalized spacial score (nSPS) is 10.6. The van der Waals surface area contributed by atoms with Crippen LogP contribution in [0.1, 0.15) is 28.4 Å². The summed E-state index contributed by atoms with van der Waals surface area (Å²) in [5.74, 6) is -0.524. The fourth-order valence-electron chi connectivity index (χ4n) is 1.67. The molecule has 0 unspecified atom stereocenters. The molecule has 1 aromatic carbocycles. The van der Waals surface area contributed by atoms with Gasteiger partial charge in [-0.05, 0) is 50.1 Å². The van der Waals surface area contributed by atoms with Crippen LogP contribution >= 0.6 is 0 Å². The second-order valence-corrected chi connectivity index (χ2v) is 4.13. The highest BCUT2D eigenvalue weighted by Gasteiger charge is 2.10. The minimum absolute atomic E-state index is 0.324. The molecule has 2 aromatic rings. The Balaban J connectivity index is 2.38. The van der Waals surface area contributed by atoms with Gasteiger partial charge in [0.1, 0.15) is 0 Å². The third kappa shape index (κ3) is 2.49. The van der Waals surface area contributed by atoms with Crippen molar-refractivity contribution in [3.63, 3.8) is 0 Å². The number of aromatic nitrogens is 1. The molecule has 0 fully saturated rings. The molecular weight excluding hydrogens is 230 g/mol. The Bertz CT molecular complexity index is 593. The summed E-state index contributed by atoms with van der Waals surface area (Å²) < 4.78 is 0. The molecule has 0 saturated heterocycles. The highest BCUT2D eigenvalue weighted by molar-refractivity contribution is 5.93. The molecule has 0 saturated carbocycles. The van der Waals surface area contributed by atoms with Gasteiger partial charge in [0, 0.05) is 11.6 Å². The number of nitrogens with zero attached hydrogens (tertiary/aromatic N) is 1. The van der Waals surface area contributed by atoms with E-state index in [9.17, 15) is 4.79 Å². The number of benzene rings is 1. The Kier molecular flexibility index (Phi) is 3.58. The number of pyridine rings is 1. The molecule has 0 amide bonds. The lowest BCUT2D eigenvalue weighted by molar-refractivity contribution is -0.236. The smallest absolute Gasteiger partial charge is 0.293 e. The monoisotopic (exact) mass is 245 g/mol. The van der Waals surface area contributed by atoms with Crippen LogP contribution in [0, 0.1) is 13.8 Å². The highest BCUT2D eigenvalue weighted by atomic mass is 17.2. The molecule has 0 radical (unpaired) electrons. The molecule has 0 bridgehead atoms. The molecule has 0 N–H and O–H groups in total. The summed E-state index contributed by atoms with van der Waals surface area (Å²) in [5.41, 5.74) is 3.60. The van der Waals surface area contributed by atoms with Crippen LogP contribution in [0.15, 0.2) is 24.4 Å². The standard InChI is InChI=1S/C14H15NO3/c1-4-17-18-14(16)12-7-11-5-9(2)10(3)6-13(11)15-8-12/h5-8H,4H2,1-3H3. The number of hydrogen-bond donors (Lipinski definition) is 0. The molecule has 4 nitrogen and oxygen atoms in total. The third-order valence-corrected chi connectivity index (χ3v) is 2.78. The number of aryl methyl sites for hydroxylation is 2. The lowest BCUT2D eigenvalue weighted by Gasteiger charge is -2.05. The average Bonchev–Trinajstić information content (AvgIpc) is 2.36. The summed E-state index contributed by atoms with van der Waals surface area (Å²) in [7, 11) is 0. The maximum atomic E-state index is 11.6. The van der Waals surface area contributed by atoms with Gasteiger partial charge < -0.3 is 0 Å². The van der Waals surface area contributed by atoms with Crippen LogP contribution < -0.4 is 0 Å². The quantitative estimate of drug-likeness (QED) is 0.616. The fourth-order valence-corrected chi connectivity index (χ4v) is 1.67. The molecule has 0 aliphatic rings. The Labute approximate surface area is 105 Å². The van der Waals surface area contributed by atoms with Crippen molar-refractivity contribution in [1.82, 2.24) is 4.98 Å². The van der Waals surface area contributed by atoms with E-state index in [0.29, 0.717) is 12.2 Å². The second-order valence-electron chi connectivity index (χ2n) is 4.13. The van der Waals surface area contributed by atoms with Crippen LogP contribution in [0.3, 0.4) is 0 Å². The first-order valence-electron chi connectivity index (χ1n) is 5.82. The van der Waals surface area contributed by atoms with Crippen molar-refractivity contribution < 1.29 is 14.6 Å². The number of carbonyl (C=O) groups excluding carboxylic acids is 1. The lowest BCUT2D eigenvalue weighted by atomic mass is 10.1. The Morgan fingerprint density at radius 2 is 1.94 bits per heavy atom. The van der Waals surface area contributed by atoms with Crippen molar-refractivity contribution in [2.75, 3.05) is 6.61 Å². The van der Waals surface area contributed by atoms with Crippen LogP contribution in [0.4, 0.5) is 0 Å². The predicted molar refractivity (Wildman–Crippen MR) is 68.3 cm³/mol. The van der Waals surface area contributed by atoms with Gasteiger partial charge in [-0.15, -0.1) is 0 Å². The maximum absolute atomic E-state index is 11.6. The second kappa shape index (κ2) is 5.14. The van der Waals surface area contributed by atoms with Gasteiger partial charge in [-0.1, -0.05) is 0 Å². The van der Waals surface area contributed by atoms with Crippen molar-refractivity contribution in [3.05, 3.63) is 41.1 Å². The van der Waals surface area contributed by atoms with E-state index in [4.69, 9.17) is 0 Å². The van der Waals surface area contributed by atoms with Gasteiger partial charge >= 0.3 is 5.97 Å². The molecule has 94 valence electrons. The minimum atomic E-state index is -0.524. The third-order valence-electron chi connectivity index (χ3n) is 2.78. The molecule has 0 spiro atoms. The molecular formula is C14H15NO3. The fraction of sp³-hybridized carbons (Fsp3) is 0.286. The van der Waals surface area contributed by atoms with Crippen molar-refractivity contribution in [2.24, 2.45) is 0 Å². The van der Waals surface area contributed by atoms with E-state index in [-0.39, 0.29) is 0 Å². The van der Waals surface area contributed by atoms with Gasteiger partial charge in [0.15, 0.2) is 0 Å². The first-order valence-corrected chi connectivity index (χ1v) is 5.82. The van der Waals surface area contributed by atoms with Crippen LogP contribution in [0.2, 0.25) is 0 Å². The van der Waals surface area contributed by atoms with Crippen molar-refractivity contribution in [1.29, 1.82) is 0 Å². The van der Waals surface area contributed by atoms with Gasteiger partial charge in [-0.2, -0.15) is 4.89 Å². The van der Waals surface area contributed by atoms with E-state index in [1.165, 1.54) is 17.3 Å². The summed E-state index contributed by atoms with van der Waals surface area (Å²) in [4.78, 5) is 25.1. The SMILES string of the molecule is CCOOC(=O)c1cnc2cc(C)c(C)cc2c1. The Morgan fingerprint density at radius 1 is 1.22 bits per heavy atom. The lowest BCUT2D eigenvalue weighted by Crippen LogP contribution is -2.06. The summed E-state index contributed by atoms with van der Waals surface area (Å²) in [6.07, 6.45) is 1.50. The first-order chi connectivity index (χ1) is 8.61. The van der Waals surface area contributed by atoms with Crippen molar-refractivity contribution >= 4 is 16.9 Å². The molecule has 18 heavy (non-hydrogen) atoms. The highest BCUT2D eigenvalue weighted by Crippen LogP contribution is 2.19. The van der Waals surface area contributed by atoms with Crippen LogP contribution in [-0.4, -0.2) is 17.6 Å². The Hall–Kier alpha value is -1.94. The Morgan fingerprint density at radius 3 is 2.67 bits per heavy atom. The molecule has 0 atom stereocenters. The summed E-state index contributed by atoms with van der Waals surface area (Å²) >= 11 is 0. The number of carbonyl (C=O) groups is 1. The van der Waals surface area contributed by atoms with Crippen molar-refractivity contribution in [3.8, 4) is 0 Å². The van der Waals surface area contributed by atoms with Gasteiger partial charge in [-0.3, -0.25) is 9.87 Å². The topological polar surface area (TPSA) is 48.4 Å². The molecule has 1 heterocycles. The molecule has 0 aliphatic heterocycles. The molecule has 1 aromatic heterocycles. The van der Waals surface area contributed by atoms with E-state index in [0.717, 1.165) is 10.9 Å². The number of rotatable bonds is 3. The summed E-state index contributed by atoms with van der Waals surface area (Å²) in [5, 5.41) is 0.920. The van der Waals surface area contributed by atoms with Gasteiger partial charge in [0.05, 0.1) is 17.7 Å². The van der Waals surface area contributed by atoms with E-state index >= 15 is 0 Å². The van der Waals surface area contributed by atoms with E-state index in [1.54, 1.807) is 13.0 Å². The van der Waals surface area contributed by atoms with E-state index in [1.807, 2.05) is 26.0 Å². The van der Waals surface area contributed by atoms with E-state index < -0.39 is 5.97 Å². The average molecular weight is 245 g/mol. The van der Waals surface area contributed by atoms with Gasteiger partial charge in [0.2, 0.25) is 0 Å². The molecule has 4 heteroatoms. The van der Waals surface area contributed by atoms with Gasteiger partial charge in [-0.25, -0.2) is 4.79 Å². The van der Waals surface area contributed by atoms with E-state index in [2.05, 4.69) is 14.8 Å². The minimum Gasteiger partial charge on any atom is -0.293 e. The van der Waals surface area contributed by atoms with Crippen molar-refractivity contribution in [2.45, 2.75) is 20.8 Å². The zero-order valence-electron chi connectivity index (χ0n) is 10.7. The molecule has 0 aliphatic carbocycles. The first kappa shape index (κ1) is 12.5. The largest absolute Gasteiger partial charge is 0.374 e. The zero-order valence-corrected chi connectivity index (χ0v) is 10.7. The molecule has 2 rings (SSSR count). The van der Waals surface area contributed by atoms with Crippen LogP contribution in [0.5, 0.6) is 0 Å². The summed E-state index contributed by atoms with van der Waals surface area (Å²) in [6.45, 7) is 6.14. The predicted octanol–water partition coefficient (Wildman–Crippen LogP) is 2.96. The zero-order chi connectivity index (χ0) is 13.1.